The molecule has 2 aliphatic rings. The van der Waals surface area contributed by atoms with Crippen LogP contribution in [0.1, 0.15) is 11.4 Å². The second kappa shape index (κ2) is 10.8. The van der Waals surface area contributed by atoms with Crippen LogP contribution in [-0.4, -0.2) is 66.6 Å². The first-order valence-electron chi connectivity index (χ1n) is 9.53. The number of alkyl halides is 1. The first-order valence-corrected chi connectivity index (χ1v) is 11.1. The van der Waals surface area contributed by atoms with E-state index in [4.69, 9.17) is 9.47 Å². The Bertz CT molecular complexity index is 907. The molecule has 2 fully saturated rings. The van der Waals surface area contributed by atoms with Gasteiger partial charge in [-0.25, -0.2) is 14.4 Å². The molecule has 0 spiro atoms. The summed E-state index contributed by atoms with van der Waals surface area (Å²) >= 11 is 6.46. The van der Waals surface area contributed by atoms with Gasteiger partial charge in [0.15, 0.2) is 0 Å². The van der Waals surface area contributed by atoms with Crippen molar-refractivity contribution in [2.24, 2.45) is 0 Å². The van der Waals surface area contributed by atoms with Crippen LogP contribution in [0.4, 0.5) is 4.39 Å². The molecule has 0 saturated carbocycles. The van der Waals surface area contributed by atoms with E-state index in [1.165, 1.54) is 0 Å². The van der Waals surface area contributed by atoms with Crippen LogP contribution in [0.25, 0.3) is 0 Å². The highest BCUT2D eigenvalue weighted by molar-refractivity contribution is 9.10. The number of halogens is 3. The Morgan fingerprint density at radius 2 is 1.38 bits per heavy atom. The molecule has 4 heterocycles. The lowest BCUT2D eigenvalue weighted by molar-refractivity contribution is -0.138. The van der Waals surface area contributed by atoms with E-state index in [1.54, 1.807) is 36.4 Å². The fraction of sp³-hybridized carbons (Fsp3) is 0.400. The van der Waals surface area contributed by atoms with E-state index in [0.717, 1.165) is 0 Å². The van der Waals surface area contributed by atoms with Gasteiger partial charge in [-0.05, 0) is 56.1 Å². The highest BCUT2D eigenvalue weighted by Gasteiger charge is 2.40. The van der Waals surface area contributed by atoms with Crippen LogP contribution < -0.4 is 10.6 Å². The SMILES string of the molecule is O=C1COCC(CF)(c2cccc(Br)n2)N1.O=C1COCC(CO)(c2cccc(Br)n2)N1. The number of aliphatic hydroxyl groups excluding tert-OH is 1. The van der Waals surface area contributed by atoms with Crippen molar-refractivity contribution in [3.05, 3.63) is 57.0 Å². The van der Waals surface area contributed by atoms with Crippen molar-refractivity contribution >= 4 is 43.7 Å². The van der Waals surface area contributed by atoms with Crippen LogP contribution in [0.5, 0.6) is 0 Å². The Labute approximate surface area is 200 Å². The molecule has 0 bridgehead atoms. The molecule has 0 aromatic carbocycles. The van der Waals surface area contributed by atoms with Crippen molar-refractivity contribution in [2.45, 2.75) is 11.1 Å². The van der Waals surface area contributed by atoms with Gasteiger partial charge in [0.1, 0.15) is 40.2 Å². The first-order chi connectivity index (χ1) is 15.3. The van der Waals surface area contributed by atoms with E-state index < -0.39 is 17.8 Å². The molecule has 2 saturated heterocycles. The molecule has 2 aromatic rings. The number of hydrogen-bond donors (Lipinski definition) is 3. The molecule has 32 heavy (non-hydrogen) atoms. The largest absolute Gasteiger partial charge is 0.393 e. The van der Waals surface area contributed by atoms with E-state index in [1.807, 2.05) is 0 Å². The summed E-state index contributed by atoms with van der Waals surface area (Å²) in [4.78, 5) is 31.0. The number of carbonyl (C=O) groups is 2. The van der Waals surface area contributed by atoms with Gasteiger partial charge in [-0.2, -0.15) is 0 Å². The van der Waals surface area contributed by atoms with E-state index in [2.05, 4.69) is 52.5 Å². The van der Waals surface area contributed by atoms with Gasteiger partial charge < -0.3 is 25.2 Å². The molecule has 12 heteroatoms. The molecule has 2 amide bonds. The standard InChI is InChI=1S/C10H10BrFN2O2.C10H11BrN2O3/c11-8-3-1-2-7(13-8)10(5-12)6-16-4-9(15)14-10;11-8-3-1-2-7(12-8)10(5-14)6-16-4-9(15)13-10/h1-3H,4-6H2,(H,14,15);1-3,14H,4-6H2,(H,13,15). The van der Waals surface area contributed by atoms with Gasteiger partial charge in [-0.3, -0.25) is 9.59 Å². The molecular weight excluding hydrogens is 555 g/mol. The number of ether oxygens (including phenoxy) is 2. The lowest BCUT2D eigenvalue weighted by Gasteiger charge is -2.35. The molecule has 0 radical (unpaired) electrons. The van der Waals surface area contributed by atoms with Gasteiger partial charge in [-0.1, -0.05) is 12.1 Å². The second-order valence-electron chi connectivity index (χ2n) is 7.23. The third kappa shape index (κ3) is 5.67. The maximum Gasteiger partial charge on any atom is 0.246 e. The summed E-state index contributed by atoms with van der Waals surface area (Å²) in [6.07, 6.45) is 0. The highest BCUT2D eigenvalue weighted by Crippen LogP contribution is 2.25. The van der Waals surface area contributed by atoms with Crippen LogP contribution in [-0.2, 0) is 30.1 Å². The maximum absolute atomic E-state index is 13.2. The predicted octanol–water partition coefficient (Wildman–Crippen LogP) is 1.33. The van der Waals surface area contributed by atoms with E-state index in [9.17, 15) is 19.1 Å². The smallest absolute Gasteiger partial charge is 0.246 e. The van der Waals surface area contributed by atoms with Crippen molar-refractivity contribution in [2.75, 3.05) is 39.7 Å². The average molecular weight is 576 g/mol. The fourth-order valence-electron chi connectivity index (χ4n) is 3.25. The molecule has 0 aliphatic carbocycles. The summed E-state index contributed by atoms with van der Waals surface area (Å²) in [6, 6.07) is 10.5. The van der Waals surface area contributed by atoms with Crippen LogP contribution in [0.3, 0.4) is 0 Å². The highest BCUT2D eigenvalue weighted by atomic mass is 79.9. The third-order valence-electron chi connectivity index (χ3n) is 4.83. The van der Waals surface area contributed by atoms with Gasteiger partial charge in [0.05, 0.1) is 31.2 Å². The summed E-state index contributed by atoms with van der Waals surface area (Å²) in [5, 5.41) is 14.8. The van der Waals surface area contributed by atoms with Crippen LogP contribution in [0, 0.1) is 0 Å². The molecule has 4 rings (SSSR count). The van der Waals surface area contributed by atoms with Gasteiger partial charge in [0.25, 0.3) is 0 Å². The summed E-state index contributed by atoms with van der Waals surface area (Å²) in [5.74, 6) is -0.576. The molecule has 172 valence electrons. The molecule has 9 nitrogen and oxygen atoms in total. The summed E-state index contributed by atoms with van der Waals surface area (Å²) in [6.45, 7) is -0.687. The minimum Gasteiger partial charge on any atom is -0.393 e. The quantitative estimate of drug-likeness (QED) is 0.470. The van der Waals surface area contributed by atoms with Crippen LogP contribution in [0.15, 0.2) is 45.6 Å². The topological polar surface area (TPSA) is 123 Å². The number of rotatable bonds is 4. The average Bonchev–Trinajstić information content (AvgIpc) is 2.79. The van der Waals surface area contributed by atoms with E-state index in [-0.39, 0.29) is 44.8 Å². The minimum absolute atomic E-state index is 0.0236. The van der Waals surface area contributed by atoms with Gasteiger partial charge in [-0.15, -0.1) is 0 Å². The predicted molar refractivity (Wildman–Crippen MR) is 118 cm³/mol. The number of aromatic nitrogens is 2. The van der Waals surface area contributed by atoms with Crippen molar-refractivity contribution in [1.82, 2.24) is 20.6 Å². The molecular formula is C20H21Br2FN4O5. The number of aliphatic hydroxyl groups is 1. The lowest BCUT2D eigenvalue weighted by Crippen LogP contribution is -2.57. The van der Waals surface area contributed by atoms with E-state index in [0.29, 0.717) is 20.6 Å². The van der Waals surface area contributed by atoms with Crippen LogP contribution in [0.2, 0.25) is 0 Å². The number of pyridine rings is 2. The Balaban J connectivity index is 0.000000181. The Morgan fingerprint density at radius 3 is 1.81 bits per heavy atom. The molecule has 2 aliphatic heterocycles. The maximum atomic E-state index is 13.2. The van der Waals surface area contributed by atoms with E-state index >= 15 is 0 Å². The number of amides is 2. The Hall–Kier alpha value is -1.99. The zero-order valence-corrected chi connectivity index (χ0v) is 20.0. The monoisotopic (exact) mass is 574 g/mol. The zero-order valence-electron chi connectivity index (χ0n) is 16.8. The molecule has 2 atom stereocenters. The number of nitrogens with zero attached hydrogens (tertiary/aromatic N) is 2. The van der Waals surface area contributed by atoms with Crippen molar-refractivity contribution in [3.8, 4) is 0 Å². The summed E-state index contributed by atoms with van der Waals surface area (Å²) in [5.41, 5.74) is -1.05. The Morgan fingerprint density at radius 1 is 0.906 bits per heavy atom. The van der Waals surface area contributed by atoms with Crippen molar-refractivity contribution < 1.29 is 28.6 Å². The van der Waals surface area contributed by atoms with Gasteiger partial charge >= 0.3 is 0 Å². The zero-order chi connectivity index (χ0) is 23.2. The molecule has 2 unspecified atom stereocenters. The second-order valence-corrected chi connectivity index (χ2v) is 8.85. The van der Waals surface area contributed by atoms with Gasteiger partial charge in [0.2, 0.25) is 11.8 Å². The number of carbonyl (C=O) groups excluding carboxylic acids is 2. The summed E-state index contributed by atoms with van der Waals surface area (Å²) in [7, 11) is 0. The van der Waals surface area contributed by atoms with Crippen LogP contribution >= 0.6 is 31.9 Å². The molecule has 2 aromatic heterocycles. The fourth-order valence-corrected chi connectivity index (χ4v) is 3.93. The normalized spacial score (nSPS) is 25.2. The number of morpholine rings is 2. The van der Waals surface area contributed by atoms with Crippen molar-refractivity contribution in [3.63, 3.8) is 0 Å². The first kappa shape index (κ1) is 24.6. The lowest BCUT2D eigenvalue weighted by atomic mass is 9.95. The number of nitrogens with one attached hydrogen (secondary N) is 2. The molecule has 3 N–H and O–H groups in total. The summed E-state index contributed by atoms with van der Waals surface area (Å²) < 4.78 is 24.7. The third-order valence-corrected chi connectivity index (χ3v) is 5.71. The number of hydrogen-bond acceptors (Lipinski definition) is 7. The van der Waals surface area contributed by atoms with Crippen molar-refractivity contribution in [1.29, 1.82) is 0 Å². The Kier molecular flexibility index (Phi) is 8.28. The van der Waals surface area contributed by atoms with Gasteiger partial charge in [0, 0.05) is 0 Å². The minimum atomic E-state index is -1.15.